The fraction of sp³-hybridized carbons (Fsp3) is 1.00. The Labute approximate surface area is 107 Å². The van der Waals surface area contributed by atoms with Crippen LogP contribution in [0, 0.1) is 5.92 Å². The van der Waals surface area contributed by atoms with E-state index in [1.165, 1.54) is 57.8 Å². The van der Waals surface area contributed by atoms with Crippen molar-refractivity contribution < 1.29 is 4.74 Å². The number of hydrogen-bond donors (Lipinski definition) is 1. The molecule has 1 saturated heterocycles. The topological polar surface area (TPSA) is 21.3 Å². The van der Waals surface area contributed by atoms with Gasteiger partial charge in [-0.05, 0) is 44.9 Å². The van der Waals surface area contributed by atoms with E-state index in [2.05, 4.69) is 12.2 Å². The third kappa shape index (κ3) is 4.59. The lowest BCUT2D eigenvalue weighted by atomic mass is 9.92. The molecule has 2 fully saturated rings. The highest BCUT2D eigenvalue weighted by Gasteiger charge is 2.22. The lowest BCUT2D eigenvalue weighted by Gasteiger charge is -2.28. The highest BCUT2D eigenvalue weighted by Crippen LogP contribution is 2.26. The quantitative estimate of drug-likeness (QED) is 0.761. The minimum absolute atomic E-state index is 0.704. The zero-order valence-electron chi connectivity index (χ0n) is 11.4. The Balaban J connectivity index is 1.75. The van der Waals surface area contributed by atoms with E-state index in [1.807, 2.05) is 0 Å². The van der Waals surface area contributed by atoms with Crippen molar-refractivity contribution in [2.24, 2.45) is 5.92 Å². The Morgan fingerprint density at radius 3 is 2.41 bits per heavy atom. The molecule has 0 amide bonds. The van der Waals surface area contributed by atoms with Gasteiger partial charge in [0.1, 0.15) is 0 Å². The Morgan fingerprint density at radius 2 is 1.65 bits per heavy atom. The summed E-state index contributed by atoms with van der Waals surface area (Å²) in [4.78, 5) is 0. The first-order chi connectivity index (χ1) is 8.36. The highest BCUT2D eigenvalue weighted by atomic mass is 16.5. The van der Waals surface area contributed by atoms with Crippen LogP contribution in [-0.4, -0.2) is 25.3 Å². The van der Waals surface area contributed by atoms with Crippen molar-refractivity contribution in [3.05, 3.63) is 0 Å². The van der Waals surface area contributed by atoms with E-state index in [0.29, 0.717) is 12.1 Å². The standard InChI is InChI=1S/C15H29NO/c1-13(14-7-4-2-3-5-8-14)16-15-9-6-11-17-12-10-15/h13-16H,2-12H2,1H3/t13-,15?/m0/s1. The molecule has 1 aliphatic carbocycles. The molecule has 0 radical (unpaired) electrons. The van der Waals surface area contributed by atoms with Gasteiger partial charge in [-0.2, -0.15) is 0 Å². The van der Waals surface area contributed by atoms with E-state index in [1.54, 1.807) is 0 Å². The molecule has 2 atom stereocenters. The molecule has 2 rings (SSSR count). The summed E-state index contributed by atoms with van der Waals surface area (Å²) in [6.45, 7) is 4.33. The number of nitrogens with one attached hydrogen (secondary N) is 1. The first kappa shape index (κ1) is 13.4. The van der Waals surface area contributed by atoms with Crippen molar-refractivity contribution in [2.45, 2.75) is 76.8 Å². The van der Waals surface area contributed by atoms with Crippen molar-refractivity contribution >= 4 is 0 Å². The molecule has 2 heteroatoms. The van der Waals surface area contributed by atoms with Crippen LogP contribution in [0.15, 0.2) is 0 Å². The molecule has 2 aliphatic rings. The monoisotopic (exact) mass is 239 g/mol. The molecule has 1 heterocycles. The molecule has 0 aromatic heterocycles. The Bertz CT molecular complexity index is 191. The highest BCUT2D eigenvalue weighted by molar-refractivity contribution is 4.79. The maximum absolute atomic E-state index is 5.53. The van der Waals surface area contributed by atoms with Crippen molar-refractivity contribution in [3.8, 4) is 0 Å². The van der Waals surface area contributed by atoms with E-state index in [4.69, 9.17) is 4.74 Å². The molecule has 1 unspecified atom stereocenters. The Kier molecular flexibility index (Phi) is 5.79. The second-order valence-corrected chi connectivity index (χ2v) is 5.95. The average molecular weight is 239 g/mol. The van der Waals surface area contributed by atoms with Crippen molar-refractivity contribution in [1.82, 2.24) is 5.32 Å². The maximum atomic E-state index is 5.53. The molecule has 1 N–H and O–H groups in total. The van der Waals surface area contributed by atoms with Gasteiger partial charge in [0.2, 0.25) is 0 Å². The molecule has 100 valence electrons. The van der Waals surface area contributed by atoms with E-state index < -0.39 is 0 Å². The Hall–Kier alpha value is -0.0800. The molecule has 0 aromatic rings. The molecule has 0 bridgehead atoms. The number of rotatable bonds is 3. The molecule has 17 heavy (non-hydrogen) atoms. The SMILES string of the molecule is C[C@H](NC1CCCOCC1)C1CCCCCC1. The van der Waals surface area contributed by atoms with Crippen molar-refractivity contribution in [2.75, 3.05) is 13.2 Å². The van der Waals surface area contributed by atoms with Crippen LogP contribution in [0.5, 0.6) is 0 Å². The minimum Gasteiger partial charge on any atom is -0.381 e. The Morgan fingerprint density at radius 1 is 0.882 bits per heavy atom. The molecule has 1 aliphatic heterocycles. The second kappa shape index (κ2) is 7.38. The predicted octanol–water partition coefficient (Wildman–Crippen LogP) is 3.50. The van der Waals surface area contributed by atoms with Gasteiger partial charge in [-0.25, -0.2) is 0 Å². The first-order valence-electron chi connectivity index (χ1n) is 7.70. The lowest BCUT2D eigenvalue weighted by Crippen LogP contribution is -2.41. The van der Waals surface area contributed by atoms with Gasteiger partial charge < -0.3 is 10.1 Å². The molecule has 2 nitrogen and oxygen atoms in total. The fourth-order valence-corrected chi connectivity index (χ4v) is 3.39. The van der Waals surface area contributed by atoms with Crippen LogP contribution in [0.1, 0.15) is 64.7 Å². The van der Waals surface area contributed by atoms with Gasteiger partial charge in [0.05, 0.1) is 0 Å². The summed E-state index contributed by atoms with van der Waals surface area (Å²) in [6, 6.07) is 1.41. The molecular weight excluding hydrogens is 210 g/mol. The van der Waals surface area contributed by atoms with Crippen LogP contribution in [-0.2, 0) is 4.74 Å². The van der Waals surface area contributed by atoms with Gasteiger partial charge in [0.15, 0.2) is 0 Å². The predicted molar refractivity (Wildman–Crippen MR) is 72.2 cm³/mol. The van der Waals surface area contributed by atoms with Gasteiger partial charge in [0, 0.05) is 25.3 Å². The average Bonchev–Trinajstić information content (AvgIpc) is 2.72. The van der Waals surface area contributed by atoms with E-state index in [0.717, 1.165) is 19.1 Å². The van der Waals surface area contributed by atoms with Crippen LogP contribution in [0.2, 0.25) is 0 Å². The fourth-order valence-electron chi connectivity index (χ4n) is 3.39. The second-order valence-electron chi connectivity index (χ2n) is 5.95. The van der Waals surface area contributed by atoms with Crippen molar-refractivity contribution in [1.29, 1.82) is 0 Å². The van der Waals surface area contributed by atoms with Gasteiger partial charge >= 0.3 is 0 Å². The molecule has 1 saturated carbocycles. The summed E-state index contributed by atoms with van der Waals surface area (Å²) >= 11 is 0. The van der Waals surface area contributed by atoms with E-state index in [-0.39, 0.29) is 0 Å². The minimum atomic E-state index is 0.704. The zero-order valence-corrected chi connectivity index (χ0v) is 11.4. The summed E-state index contributed by atoms with van der Waals surface area (Å²) in [7, 11) is 0. The summed E-state index contributed by atoms with van der Waals surface area (Å²) in [5.41, 5.74) is 0. The third-order valence-electron chi connectivity index (χ3n) is 4.56. The van der Waals surface area contributed by atoms with E-state index in [9.17, 15) is 0 Å². The normalized spacial score (nSPS) is 30.5. The number of ether oxygens (including phenoxy) is 1. The molecular formula is C15H29NO. The van der Waals surface area contributed by atoms with Gasteiger partial charge in [-0.1, -0.05) is 25.7 Å². The zero-order chi connectivity index (χ0) is 11.9. The maximum Gasteiger partial charge on any atom is 0.0480 e. The summed E-state index contributed by atoms with van der Waals surface area (Å²) in [5, 5.41) is 3.88. The summed E-state index contributed by atoms with van der Waals surface area (Å²) in [6.07, 6.45) is 12.4. The van der Waals surface area contributed by atoms with Crippen molar-refractivity contribution in [3.63, 3.8) is 0 Å². The third-order valence-corrected chi connectivity index (χ3v) is 4.56. The van der Waals surface area contributed by atoms with Crippen LogP contribution >= 0.6 is 0 Å². The first-order valence-corrected chi connectivity index (χ1v) is 7.70. The lowest BCUT2D eigenvalue weighted by molar-refractivity contribution is 0.141. The van der Waals surface area contributed by atoms with Gasteiger partial charge in [-0.3, -0.25) is 0 Å². The van der Waals surface area contributed by atoms with Crippen LogP contribution in [0.25, 0.3) is 0 Å². The number of hydrogen-bond acceptors (Lipinski definition) is 2. The molecule has 0 spiro atoms. The summed E-state index contributed by atoms with van der Waals surface area (Å²) in [5.74, 6) is 0.918. The van der Waals surface area contributed by atoms with Gasteiger partial charge in [0.25, 0.3) is 0 Å². The van der Waals surface area contributed by atoms with Crippen LogP contribution < -0.4 is 5.32 Å². The van der Waals surface area contributed by atoms with Crippen LogP contribution in [0.3, 0.4) is 0 Å². The van der Waals surface area contributed by atoms with Crippen LogP contribution in [0.4, 0.5) is 0 Å². The van der Waals surface area contributed by atoms with Gasteiger partial charge in [-0.15, -0.1) is 0 Å². The largest absolute Gasteiger partial charge is 0.381 e. The van der Waals surface area contributed by atoms with E-state index >= 15 is 0 Å². The molecule has 0 aromatic carbocycles. The summed E-state index contributed by atoms with van der Waals surface area (Å²) < 4.78 is 5.53. The smallest absolute Gasteiger partial charge is 0.0480 e.